The van der Waals surface area contributed by atoms with Crippen LogP contribution in [0.3, 0.4) is 0 Å². The Balaban J connectivity index is 1.60. The normalized spacial score (nSPS) is 26.8. The molecule has 2 heterocycles. The SMILES string of the molecule is O=C1CC[C@@H](NS(=O)(=O)c2cccc3c2OCCO3)[C@H](C2CC2)N1. The van der Waals surface area contributed by atoms with Crippen molar-refractivity contribution in [2.24, 2.45) is 5.92 Å². The van der Waals surface area contributed by atoms with E-state index in [-0.39, 0.29) is 28.6 Å². The summed E-state index contributed by atoms with van der Waals surface area (Å²) in [5.74, 6) is 1.07. The van der Waals surface area contributed by atoms with Crippen molar-refractivity contribution in [1.82, 2.24) is 10.0 Å². The fourth-order valence-electron chi connectivity index (χ4n) is 3.38. The lowest BCUT2D eigenvalue weighted by Crippen LogP contribution is -2.56. The molecule has 2 atom stereocenters. The monoisotopic (exact) mass is 352 g/mol. The second-order valence-corrected chi connectivity index (χ2v) is 8.16. The van der Waals surface area contributed by atoms with Crippen LogP contribution in [0.4, 0.5) is 0 Å². The molecule has 24 heavy (non-hydrogen) atoms. The van der Waals surface area contributed by atoms with Gasteiger partial charge in [0.1, 0.15) is 18.1 Å². The summed E-state index contributed by atoms with van der Waals surface area (Å²) in [6, 6.07) is 4.44. The molecule has 1 amide bonds. The third-order valence-electron chi connectivity index (χ3n) is 4.70. The van der Waals surface area contributed by atoms with Crippen molar-refractivity contribution in [2.75, 3.05) is 13.2 Å². The molecule has 7 nitrogen and oxygen atoms in total. The standard InChI is InChI=1S/C16H20N2O5S/c19-14-7-6-11(15(17-14)10-4-5-10)18-24(20,21)13-3-1-2-12-16(13)23-9-8-22-12/h1-3,10-11,15,18H,4-9H2,(H,17,19)/t11-,15+/m1/s1. The van der Waals surface area contributed by atoms with E-state index in [9.17, 15) is 13.2 Å². The van der Waals surface area contributed by atoms with Crippen LogP contribution in [0.15, 0.2) is 23.1 Å². The number of ether oxygens (including phenoxy) is 2. The van der Waals surface area contributed by atoms with Crippen LogP contribution >= 0.6 is 0 Å². The highest BCUT2D eigenvalue weighted by atomic mass is 32.2. The van der Waals surface area contributed by atoms with Gasteiger partial charge in [-0.15, -0.1) is 0 Å². The number of piperidine rings is 1. The van der Waals surface area contributed by atoms with Crippen molar-refractivity contribution in [3.63, 3.8) is 0 Å². The summed E-state index contributed by atoms with van der Waals surface area (Å²) < 4.78 is 39.5. The highest BCUT2D eigenvalue weighted by Gasteiger charge is 2.42. The number of sulfonamides is 1. The van der Waals surface area contributed by atoms with Gasteiger partial charge < -0.3 is 14.8 Å². The number of rotatable bonds is 4. The molecule has 1 aliphatic carbocycles. The number of nitrogens with one attached hydrogen (secondary N) is 2. The summed E-state index contributed by atoms with van der Waals surface area (Å²) in [6.07, 6.45) is 2.91. The average molecular weight is 352 g/mol. The number of carbonyl (C=O) groups excluding carboxylic acids is 1. The van der Waals surface area contributed by atoms with E-state index >= 15 is 0 Å². The largest absolute Gasteiger partial charge is 0.486 e. The minimum Gasteiger partial charge on any atom is -0.486 e. The average Bonchev–Trinajstić information content (AvgIpc) is 3.40. The fraction of sp³-hybridized carbons (Fsp3) is 0.562. The van der Waals surface area contributed by atoms with Gasteiger partial charge in [0.25, 0.3) is 0 Å². The number of carbonyl (C=O) groups is 1. The first-order valence-electron chi connectivity index (χ1n) is 8.25. The first-order valence-corrected chi connectivity index (χ1v) is 9.73. The smallest absolute Gasteiger partial charge is 0.244 e. The van der Waals surface area contributed by atoms with Gasteiger partial charge in [-0.2, -0.15) is 0 Å². The van der Waals surface area contributed by atoms with Crippen LogP contribution in [0.25, 0.3) is 0 Å². The number of benzene rings is 1. The summed E-state index contributed by atoms with van der Waals surface area (Å²) in [7, 11) is -3.76. The lowest BCUT2D eigenvalue weighted by atomic mass is 9.95. The zero-order chi connectivity index (χ0) is 16.7. The van der Waals surface area contributed by atoms with E-state index in [0.29, 0.717) is 37.7 Å². The maximum Gasteiger partial charge on any atom is 0.244 e. The zero-order valence-corrected chi connectivity index (χ0v) is 14.0. The molecule has 1 saturated heterocycles. The van der Waals surface area contributed by atoms with Gasteiger partial charge >= 0.3 is 0 Å². The van der Waals surface area contributed by atoms with Gasteiger partial charge in [0.15, 0.2) is 11.5 Å². The van der Waals surface area contributed by atoms with Crippen LogP contribution in [0.1, 0.15) is 25.7 Å². The molecule has 1 saturated carbocycles. The minimum absolute atomic E-state index is 0.00354. The first-order chi connectivity index (χ1) is 11.5. The summed E-state index contributed by atoms with van der Waals surface area (Å²) >= 11 is 0. The van der Waals surface area contributed by atoms with Crippen LogP contribution < -0.4 is 19.5 Å². The zero-order valence-electron chi connectivity index (χ0n) is 13.2. The lowest BCUT2D eigenvalue weighted by Gasteiger charge is -2.33. The van der Waals surface area contributed by atoms with Gasteiger partial charge in [-0.25, -0.2) is 13.1 Å². The van der Waals surface area contributed by atoms with Crippen molar-refractivity contribution in [3.8, 4) is 11.5 Å². The third-order valence-corrected chi connectivity index (χ3v) is 6.21. The molecule has 0 unspecified atom stereocenters. The van der Waals surface area contributed by atoms with Crippen molar-refractivity contribution in [1.29, 1.82) is 0 Å². The quantitative estimate of drug-likeness (QED) is 0.836. The Morgan fingerprint density at radius 2 is 1.92 bits per heavy atom. The minimum atomic E-state index is -3.76. The molecule has 0 spiro atoms. The number of amides is 1. The molecular weight excluding hydrogens is 332 g/mol. The van der Waals surface area contributed by atoms with Crippen molar-refractivity contribution in [2.45, 2.75) is 42.7 Å². The van der Waals surface area contributed by atoms with E-state index in [1.54, 1.807) is 12.1 Å². The highest BCUT2D eigenvalue weighted by molar-refractivity contribution is 7.89. The number of hydrogen-bond acceptors (Lipinski definition) is 5. The van der Waals surface area contributed by atoms with Gasteiger partial charge in [-0.1, -0.05) is 6.07 Å². The van der Waals surface area contributed by atoms with Crippen LogP contribution in [-0.2, 0) is 14.8 Å². The Kier molecular flexibility index (Phi) is 3.88. The molecule has 2 fully saturated rings. The number of hydrogen-bond donors (Lipinski definition) is 2. The Hall–Kier alpha value is -1.80. The van der Waals surface area contributed by atoms with Gasteiger partial charge in [-0.05, 0) is 37.3 Å². The molecule has 2 aliphatic heterocycles. The topological polar surface area (TPSA) is 93.7 Å². The Morgan fingerprint density at radius 1 is 1.12 bits per heavy atom. The van der Waals surface area contributed by atoms with Crippen LogP contribution in [0.5, 0.6) is 11.5 Å². The van der Waals surface area contributed by atoms with E-state index < -0.39 is 10.0 Å². The van der Waals surface area contributed by atoms with Crippen LogP contribution in [-0.4, -0.2) is 39.6 Å². The number of fused-ring (bicyclic) bond motifs is 1. The van der Waals surface area contributed by atoms with E-state index in [4.69, 9.17) is 9.47 Å². The molecule has 8 heteroatoms. The summed E-state index contributed by atoms with van der Waals surface area (Å²) in [6.45, 7) is 0.728. The molecule has 130 valence electrons. The van der Waals surface area contributed by atoms with Crippen molar-refractivity contribution < 1.29 is 22.7 Å². The Morgan fingerprint density at radius 3 is 2.71 bits per heavy atom. The maximum atomic E-state index is 12.9. The van der Waals surface area contributed by atoms with Crippen LogP contribution in [0.2, 0.25) is 0 Å². The summed E-state index contributed by atoms with van der Waals surface area (Å²) in [5, 5.41) is 2.94. The molecule has 0 radical (unpaired) electrons. The molecular formula is C16H20N2O5S. The van der Waals surface area contributed by atoms with Crippen molar-refractivity contribution >= 4 is 15.9 Å². The van der Waals surface area contributed by atoms with E-state index in [0.717, 1.165) is 12.8 Å². The van der Waals surface area contributed by atoms with Gasteiger partial charge in [0, 0.05) is 18.5 Å². The predicted molar refractivity (Wildman–Crippen MR) is 85.4 cm³/mol. The van der Waals surface area contributed by atoms with E-state index in [1.807, 2.05) is 0 Å². The molecule has 0 aromatic heterocycles. The first kappa shape index (κ1) is 15.7. The predicted octanol–water partition coefficient (Wildman–Crippen LogP) is 0.793. The van der Waals surface area contributed by atoms with Gasteiger partial charge in [-0.3, -0.25) is 4.79 Å². The molecule has 1 aromatic carbocycles. The summed E-state index contributed by atoms with van der Waals surface area (Å²) in [5.41, 5.74) is 0. The molecule has 2 N–H and O–H groups in total. The highest BCUT2D eigenvalue weighted by Crippen LogP contribution is 2.38. The van der Waals surface area contributed by atoms with Crippen LogP contribution in [0, 0.1) is 5.92 Å². The Bertz CT molecular complexity index is 760. The summed E-state index contributed by atoms with van der Waals surface area (Å²) in [4.78, 5) is 11.7. The molecule has 0 bridgehead atoms. The number of para-hydroxylation sites is 1. The van der Waals surface area contributed by atoms with E-state index in [1.165, 1.54) is 6.07 Å². The lowest BCUT2D eigenvalue weighted by molar-refractivity contribution is -0.123. The van der Waals surface area contributed by atoms with Gasteiger partial charge in [0.05, 0.1) is 0 Å². The molecule has 3 aliphatic rings. The van der Waals surface area contributed by atoms with Crippen molar-refractivity contribution in [3.05, 3.63) is 18.2 Å². The second kappa shape index (κ2) is 5.93. The Labute approximate surface area is 140 Å². The second-order valence-electron chi connectivity index (χ2n) is 6.48. The van der Waals surface area contributed by atoms with Gasteiger partial charge in [0.2, 0.25) is 15.9 Å². The third kappa shape index (κ3) is 2.95. The maximum absolute atomic E-state index is 12.9. The fourth-order valence-corrected chi connectivity index (χ4v) is 4.83. The van der Waals surface area contributed by atoms with E-state index in [2.05, 4.69) is 10.0 Å². The molecule has 4 rings (SSSR count). The molecule has 1 aromatic rings.